The summed E-state index contributed by atoms with van der Waals surface area (Å²) >= 11 is 0. The van der Waals surface area contributed by atoms with E-state index in [0.29, 0.717) is 50.0 Å². The highest BCUT2D eigenvalue weighted by Crippen LogP contribution is 2.40. The van der Waals surface area contributed by atoms with Gasteiger partial charge in [-0.2, -0.15) is 0 Å². The summed E-state index contributed by atoms with van der Waals surface area (Å²) in [6, 6.07) is 13.5. The highest BCUT2D eigenvalue weighted by Gasteiger charge is 2.46. The Morgan fingerprint density at radius 2 is 1.64 bits per heavy atom. The van der Waals surface area contributed by atoms with Gasteiger partial charge in [-0.3, -0.25) is 14.5 Å². The fraction of sp³-hybridized carbons (Fsp3) is 0.429. The lowest BCUT2D eigenvalue weighted by Gasteiger charge is -2.31. The van der Waals surface area contributed by atoms with Crippen LogP contribution in [0.1, 0.15) is 37.9 Å². The van der Waals surface area contributed by atoms with E-state index in [-0.39, 0.29) is 17.4 Å². The lowest BCUT2D eigenvalue weighted by molar-refractivity contribution is -0.140. The van der Waals surface area contributed by atoms with E-state index in [2.05, 4.69) is 4.90 Å². The van der Waals surface area contributed by atoms with Crippen molar-refractivity contribution in [3.63, 3.8) is 0 Å². The molecular formula is C28H34N2O6. The van der Waals surface area contributed by atoms with E-state index >= 15 is 0 Å². The second-order valence-electron chi connectivity index (χ2n) is 9.14. The third-order valence-electron chi connectivity index (χ3n) is 6.31. The predicted octanol–water partition coefficient (Wildman–Crippen LogP) is 3.63. The summed E-state index contributed by atoms with van der Waals surface area (Å²) in [7, 11) is 0. The maximum absolute atomic E-state index is 13.3. The van der Waals surface area contributed by atoms with Gasteiger partial charge in [0.25, 0.3) is 11.7 Å². The molecular weight excluding hydrogens is 460 g/mol. The molecule has 2 aliphatic heterocycles. The summed E-state index contributed by atoms with van der Waals surface area (Å²) in [5, 5.41) is 11.3. The van der Waals surface area contributed by atoms with Crippen molar-refractivity contribution in [1.29, 1.82) is 0 Å². The van der Waals surface area contributed by atoms with Crippen molar-refractivity contribution < 1.29 is 28.9 Å². The molecule has 2 heterocycles. The predicted molar refractivity (Wildman–Crippen MR) is 136 cm³/mol. The van der Waals surface area contributed by atoms with Crippen molar-refractivity contribution >= 4 is 17.4 Å². The van der Waals surface area contributed by atoms with Crippen molar-refractivity contribution in [3.8, 4) is 11.5 Å². The lowest BCUT2D eigenvalue weighted by atomic mass is 9.95. The number of likely N-dealkylation sites (tertiary alicyclic amines) is 1. The van der Waals surface area contributed by atoms with Crippen LogP contribution in [0.4, 0.5) is 0 Å². The second-order valence-corrected chi connectivity index (χ2v) is 9.14. The molecule has 8 heteroatoms. The summed E-state index contributed by atoms with van der Waals surface area (Å²) in [6.45, 7) is 10.2. The first-order valence-electron chi connectivity index (χ1n) is 12.5. The first kappa shape index (κ1) is 25.7. The number of carbonyl (C=O) groups is 2. The summed E-state index contributed by atoms with van der Waals surface area (Å²) in [5.74, 6) is -0.125. The van der Waals surface area contributed by atoms with Crippen molar-refractivity contribution in [1.82, 2.24) is 9.80 Å². The van der Waals surface area contributed by atoms with Crippen molar-refractivity contribution in [2.45, 2.75) is 32.9 Å². The van der Waals surface area contributed by atoms with Gasteiger partial charge in [0.05, 0.1) is 37.5 Å². The van der Waals surface area contributed by atoms with Crippen LogP contribution in [0, 0.1) is 0 Å². The fourth-order valence-electron chi connectivity index (χ4n) is 4.56. The summed E-state index contributed by atoms with van der Waals surface area (Å²) < 4.78 is 16.7. The van der Waals surface area contributed by atoms with Gasteiger partial charge in [0.1, 0.15) is 17.3 Å². The Balaban J connectivity index is 1.70. The lowest BCUT2D eigenvalue weighted by Crippen LogP contribution is -2.42. The average molecular weight is 495 g/mol. The molecule has 36 heavy (non-hydrogen) atoms. The van der Waals surface area contributed by atoms with Gasteiger partial charge in [0.15, 0.2) is 0 Å². The van der Waals surface area contributed by atoms with E-state index in [9.17, 15) is 14.7 Å². The minimum Gasteiger partial charge on any atom is -0.507 e. The Morgan fingerprint density at radius 3 is 2.25 bits per heavy atom. The number of hydrogen-bond donors (Lipinski definition) is 1. The van der Waals surface area contributed by atoms with Gasteiger partial charge >= 0.3 is 0 Å². The van der Waals surface area contributed by atoms with Crippen molar-refractivity contribution in [2.75, 3.05) is 46.0 Å². The number of morpholine rings is 1. The quantitative estimate of drug-likeness (QED) is 0.324. The Bertz CT molecular complexity index is 1090. The van der Waals surface area contributed by atoms with Crippen molar-refractivity contribution in [3.05, 3.63) is 65.2 Å². The van der Waals surface area contributed by atoms with Crippen LogP contribution in [0.2, 0.25) is 0 Å². The van der Waals surface area contributed by atoms with E-state index in [0.717, 1.165) is 18.7 Å². The van der Waals surface area contributed by atoms with Gasteiger partial charge in [-0.05, 0) is 62.7 Å². The van der Waals surface area contributed by atoms with Gasteiger partial charge in [0, 0.05) is 31.7 Å². The molecule has 0 radical (unpaired) electrons. The molecule has 2 saturated heterocycles. The summed E-state index contributed by atoms with van der Waals surface area (Å²) in [5.41, 5.74) is 1.28. The molecule has 1 amide bonds. The number of Topliss-reactive ketones (excluding diaryl/α,β-unsaturated/α-hetero) is 1. The van der Waals surface area contributed by atoms with E-state index in [1.807, 2.05) is 45.0 Å². The van der Waals surface area contributed by atoms with Crippen LogP contribution in [-0.4, -0.2) is 78.7 Å². The van der Waals surface area contributed by atoms with Crippen LogP contribution in [0.5, 0.6) is 11.5 Å². The van der Waals surface area contributed by atoms with Crippen LogP contribution < -0.4 is 9.47 Å². The summed E-state index contributed by atoms with van der Waals surface area (Å²) in [4.78, 5) is 30.2. The first-order valence-corrected chi connectivity index (χ1v) is 12.5. The van der Waals surface area contributed by atoms with Gasteiger partial charge in [-0.1, -0.05) is 12.1 Å². The summed E-state index contributed by atoms with van der Waals surface area (Å²) in [6.07, 6.45) is 0.0228. The third kappa shape index (κ3) is 5.71. The van der Waals surface area contributed by atoms with Crippen LogP contribution in [0.15, 0.2) is 54.1 Å². The largest absolute Gasteiger partial charge is 0.507 e. The van der Waals surface area contributed by atoms with Crippen LogP contribution >= 0.6 is 0 Å². The molecule has 8 nitrogen and oxygen atoms in total. The highest BCUT2D eigenvalue weighted by molar-refractivity contribution is 6.46. The minimum atomic E-state index is -0.703. The third-order valence-corrected chi connectivity index (χ3v) is 6.31. The number of rotatable bonds is 9. The average Bonchev–Trinajstić information content (AvgIpc) is 3.13. The number of amides is 1. The number of benzene rings is 2. The van der Waals surface area contributed by atoms with Gasteiger partial charge < -0.3 is 24.2 Å². The fourth-order valence-corrected chi connectivity index (χ4v) is 4.56. The first-order chi connectivity index (χ1) is 17.4. The number of aliphatic hydroxyl groups is 1. The molecule has 1 atom stereocenters. The number of nitrogens with zero attached hydrogens (tertiary/aromatic N) is 2. The molecule has 0 aliphatic carbocycles. The smallest absolute Gasteiger partial charge is 0.295 e. The van der Waals surface area contributed by atoms with Crippen LogP contribution in [-0.2, 0) is 14.3 Å². The number of aliphatic hydroxyl groups excluding tert-OH is 1. The molecule has 1 unspecified atom stereocenters. The Morgan fingerprint density at radius 1 is 1.00 bits per heavy atom. The number of ketones is 1. The standard InChI is InChI=1S/C28H34N2O6/c1-4-35-22-9-7-21(8-10-22)26(31)24-25(20-5-11-23(12-6-20)36-19(2)3)30(28(33)27(24)32)14-13-29-15-17-34-18-16-29/h5-12,19,25,31H,4,13-18H2,1-3H3/b26-24-. The molecule has 2 aromatic rings. The Labute approximate surface area is 212 Å². The van der Waals surface area contributed by atoms with E-state index < -0.39 is 17.7 Å². The molecule has 0 saturated carbocycles. The molecule has 0 aromatic heterocycles. The molecule has 4 rings (SSSR count). The zero-order chi connectivity index (χ0) is 25.7. The molecule has 2 aromatic carbocycles. The van der Waals surface area contributed by atoms with Crippen LogP contribution in [0.25, 0.3) is 5.76 Å². The highest BCUT2D eigenvalue weighted by atomic mass is 16.5. The van der Waals surface area contributed by atoms with Gasteiger partial charge in [0.2, 0.25) is 0 Å². The zero-order valence-corrected chi connectivity index (χ0v) is 21.1. The molecule has 2 fully saturated rings. The Hall–Kier alpha value is -3.36. The van der Waals surface area contributed by atoms with Crippen LogP contribution in [0.3, 0.4) is 0 Å². The topological polar surface area (TPSA) is 88.5 Å². The molecule has 0 bridgehead atoms. The molecule has 2 aliphatic rings. The maximum atomic E-state index is 13.3. The van der Waals surface area contributed by atoms with Gasteiger partial charge in [-0.15, -0.1) is 0 Å². The van der Waals surface area contributed by atoms with E-state index in [1.165, 1.54) is 0 Å². The Kier molecular flexibility index (Phi) is 8.28. The van der Waals surface area contributed by atoms with E-state index in [1.54, 1.807) is 29.2 Å². The number of carbonyl (C=O) groups excluding carboxylic acids is 2. The minimum absolute atomic E-state index is 0.0228. The molecule has 192 valence electrons. The zero-order valence-electron chi connectivity index (χ0n) is 21.1. The number of ether oxygens (including phenoxy) is 3. The maximum Gasteiger partial charge on any atom is 0.295 e. The molecule has 1 N–H and O–H groups in total. The second kappa shape index (κ2) is 11.6. The van der Waals surface area contributed by atoms with Gasteiger partial charge in [-0.25, -0.2) is 0 Å². The van der Waals surface area contributed by atoms with Crippen molar-refractivity contribution in [2.24, 2.45) is 0 Å². The number of hydrogen-bond acceptors (Lipinski definition) is 7. The normalized spacial score (nSPS) is 20.2. The molecule has 0 spiro atoms. The monoisotopic (exact) mass is 494 g/mol. The van der Waals surface area contributed by atoms with E-state index in [4.69, 9.17) is 14.2 Å². The SMILES string of the molecule is CCOc1ccc(/C(O)=C2/C(=O)C(=O)N(CCN3CCOCC3)C2c2ccc(OC(C)C)cc2)cc1.